The van der Waals surface area contributed by atoms with Crippen LogP contribution in [-0.2, 0) is 9.53 Å². The molecule has 5 heteroatoms. The van der Waals surface area contributed by atoms with E-state index in [2.05, 4.69) is 17.9 Å². The standard InChI is InChI=1S/C12H12N2O2S/c1-2-16-12(15)10(8-13)11(17)14-9-6-4-3-5-7-9/h3-7,14,17H,2H2,1H3. The molecular formula is C12H12N2O2S. The van der Waals surface area contributed by atoms with Gasteiger partial charge in [0, 0.05) is 5.69 Å². The molecule has 0 saturated heterocycles. The van der Waals surface area contributed by atoms with E-state index in [1.807, 2.05) is 18.2 Å². The molecule has 0 aliphatic heterocycles. The zero-order chi connectivity index (χ0) is 12.7. The highest BCUT2D eigenvalue weighted by molar-refractivity contribution is 7.84. The average Bonchev–Trinajstić information content (AvgIpc) is 2.31. The lowest BCUT2D eigenvalue weighted by molar-refractivity contribution is -0.138. The highest BCUT2D eigenvalue weighted by atomic mass is 32.1. The number of nitriles is 1. The fraction of sp³-hybridized carbons (Fsp3) is 0.167. The molecule has 1 aromatic carbocycles. The van der Waals surface area contributed by atoms with E-state index in [1.165, 1.54) is 0 Å². The van der Waals surface area contributed by atoms with Crippen molar-refractivity contribution in [1.29, 1.82) is 5.26 Å². The molecule has 0 heterocycles. The summed E-state index contributed by atoms with van der Waals surface area (Å²) in [5.41, 5.74) is 0.605. The number of nitrogens with zero attached hydrogens (tertiary/aromatic N) is 1. The van der Waals surface area contributed by atoms with Gasteiger partial charge < -0.3 is 10.1 Å². The maximum Gasteiger partial charge on any atom is 0.351 e. The maximum atomic E-state index is 11.4. The molecule has 0 aromatic heterocycles. The van der Waals surface area contributed by atoms with Crippen LogP contribution in [-0.4, -0.2) is 12.6 Å². The molecule has 4 nitrogen and oxygen atoms in total. The van der Waals surface area contributed by atoms with Crippen LogP contribution in [0.15, 0.2) is 40.9 Å². The van der Waals surface area contributed by atoms with Crippen molar-refractivity contribution in [1.82, 2.24) is 0 Å². The van der Waals surface area contributed by atoms with E-state index in [0.717, 1.165) is 5.69 Å². The fourth-order valence-corrected chi connectivity index (χ4v) is 1.39. The number of hydrogen-bond acceptors (Lipinski definition) is 5. The number of thiol groups is 1. The van der Waals surface area contributed by atoms with Crippen LogP contribution in [0.1, 0.15) is 6.92 Å². The van der Waals surface area contributed by atoms with Gasteiger partial charge in [-0.15, -0.1) is 12.6 Å². The lowest BCUT2D eigenvalue weighted by Crippen LogP contribution is -2.10. The van der Waals surface area contributed by atoms with Gasteiger partial charge in [-0.1, -0.05) is 18.2 Å². The minimum Gasteiger partial charge on any atom is -0.462 e. The van der Waals surface area contributed by atoms with E-state index in [1.54, 1.807) is 25.1 Å². The molecule has 88 valence electrons. The second kappa shape index (κ2) is 6.61. The van der Waals surface area contributed by atoms with Gasteiger partial charge in [-0.3, -0.25) is 0 Å². The molecule has 17 heavy (non-hydrogen) atoms. The first kappa shape index (κ1) is 13.1. The Morgan fingerprint density at radius 2 is 2.12 bits per heavy atom. The van der Waals surface area contributed by atoms with Crippen LogP contribution >= 0.6 is 12.6 Å². The van der Waals surface area contributed by atoms with Crippen LogP contribution in [0.4, 0.5) is 5.69 Å². The third-order valence-corrected chi connectivity index (χ3v) is 2.20. The molecule has 0 radical (unpaired) electrons. The van der Waals surface area contributed by atoms with E-state index in [-0.39, 0.29) is 17.2 Å². The van der Waals surface area contributed by atoms with Crippen LogP contribution in [0.3, 0.4) is 0 Å². The number of ether oxygens (including phenoxy) is 1. The molecule has 0 fully saturated rings. The summed E-state index contributed by atoms with van der Waals surface area (Å²) in [6, 6.07) is 10.9. The highest BCUT2D eigenvalue weighted by Crippen LogP contribution is 2.15. The molecule has 1 N–H and O–H groups in total. The lowest BCUT2D eigenvalue weighted by Gasteiger charge is -2.07. The summed E-state index contributed by atoms with van der Waals surface area (Å²) >= 11 is 4.09. The largest absolute Gasteiger partial charge is 0.462 e. The van der Waals surface area contributed by atoms with Gasteiger partial charge in [0.15, 0.2) is 5.57 Å². The van der Waals surface area contributed by atoms with Crippen molar-refractivity contribution in [2.45, 2.75) is 6.92 Å². The minimum absolute atomic E-state index is 0.140. The molecule has 0 aliphatic rings. The van der Waals surface area contributed by atoms with Crippen molar-refractivity contribution in [3.63, 3.8) is 0 Å². The highest BCUT2D eigenvalue weighted by Gasteiger charge is 2.14. The van der Waals surface area contributed by atoms with Crippen LogP contribution in [0.2, 0.25) is 0 Å². The summed E-state index contributed by atoms with van der Waals surface area (Å²) < 4.78 is 4.75. The van der Waals surface area contributed by atoms with Crippen LogP contribution < -0.4 is 5.32 Å². The van der Waals surface area contributed by atoms with Gasteiger partial charge in [0.2, 0.25) is 0 Å². The Balaban J connectivity index is 2.88. The first-order chi connectivity index (χ1) is 8.19. The molecule has 0 bridgehead atoms. The molecule has 0 amide bonds. The number of hydrogen-bond donors (Lipinski definition) is 2. The Morgan fingerprint density at radius 1 is 1.47 bits per heavy atom. The zero-order valence-corrected chi connectivity index (χ0v) is 10.2. The topological polar surface area (TPSA) is 62.1 Å². The third kappa shape index (κ3) is 3.85. The number of nitrogens with one attached hydrogen (secondary N) is 1. The van der Waals surface area contributed by atoms with Crippen LogP contribution in [0.25, 0.3) is 0 Å². The first-order valence-corrected chi connectivity index (χ1v) is 5.46. The first-order valence-electron chi connectivity index (χ1n) is 5.01. The number of anilines is 1. The number of esters is 1. The molecule has 0 aliphatic carbocycles. The molecule has 0 saturated carbocycles. The van der Waals surface area contributed by atoms with Crippen molar-refractivity contribution in [2.24, 2.45) is 0 Å². The number of para-hydroxylation sites is 1. The summed E-state index contributed by atoms with van der Waals surface area (Å²) in [7, 11) is 0. The van der Waals surface area contributed by atoms with Crippen LogP contribution in [0.5, 0.6) is 0 Å². The Bertz CT molecular complexity index is 463. The van der Waals surface area contributed by atoms with Gasteiger partial charge in [-0.05, 0) is 19.1 Å². The molecule has 1 rings (SSSR count). The fourth-order valence-electron chi connectivity index (χ4n) is 1.12. The zero-order valence-electron chi connectivity index (χ0n) is 9.30. The van der Waals surface area contributed by atoms with Gasteiger partial charge in [0.05, 0.1) is 11.6 Å². The monoisotopic (exact) mass is 248 g/mol. The van der Waals surface area contributed by atoms with Crippen LogP contribution in [0, 0.1) is 11.3 Å². The van der Waals surface area contributed by atoms with Crippen molar-refractivity contribution in [2.75, 3.05) is 11.9 Å². The van der Waals surface area contributed by atoms with E-state index < -0.39 is 5.97 Å². The summed E-state index contributed by atoms with van der Waals surface area (Å²) in [4.78, 5) is 11.4. The molecule has 0 atom stereocenters. The van der Waals surface area contributed by atoms with Crippen molar-refractivity contribution < 1.29 is 9.53 Å². The Labute approximate surface area is 105 Å². The molecule has 1 aromatic rings. The minimum atomic E-state index is -0.677. The molecular weight excluding hydrogens is 236 g/mol. The number of carbonyl (C=O) groups excluding carboxylic acids is 1. The van der Waals surface area contributed by atoms with E-state index in [4.69, 9.17) is 10.00 Å². The summed E-state index contributed by atoms with van der Waals surface area (Å²) in [6.45, 7) is 1.89. The predicted octanol–water partition coefficient (Wildman–Crippen LogP) is 2.33. The van der Waals surface area contributed by atoms with E-state index in [9.17, 15) is 4.79 Å². The van der Waals surface area contributed by atoms with E-state index >= 15 is 0 Å². The Hall–Kier alpha value is -1.93. The van der Waals surface area contributed by atoms with Gasteiger partial charge in [-0.2, -0.15) is 5.26 Å². The third-order valence-electron chi connectivity index (χ3n) is 1.86. The normalized spacial score (nSPS) is 11.1. The molecule has 0 spiro atoms. The van der Waals surface area contributed by atoms with Gasteiger partial charge >= 0.3 is 5.97 Å². The lowest BCUT2D eigenvalue weighted by atomic mass is 10.3. The Kier molecular flexibility index (Phi) is 5.11. The average molecular weight is 248 g/mol. The van der Waals surface area contributed by atoms with Gasteiger partial charge in [-0.25, -0.2) is 4.79 Å². The van der Waals surface area contributed by atoms with Crippen molar-refractivity contribution >= 4 is 24.3 Å². The second-order valence-corrected chi connectivity index (χ2v) is 3.49. The van der Waals surface area contributed by atoms with Crippen molar-refractivity contribution in [3.05, 3.63) is 40.9 Å². The van der Waals surface area contributed by atoms with Crippen molar-refractivity contribution in [3.8, 4) is 6.07 Å². The summed E-state index contributed by atoms with van der Waals surface area (Å²) in [5.74, 6) is -0.677. The summed E-state index contributed by atoms with van der Waals surface area (Å²) in [6.07, 6.45) is 0. The smallest absolute Gasteiger partial charge is 0.351 e. The molecule has 0 unspecified atom stereocenters. The summed E-state index contributed by atoms with van der Waals surface area (Å²) in [5, 5.41) is 11.9. The number of carbonyl (C=O) groups is 1. The number of rotatable bonds is 4. The SMILES string of the molecule is CCOC(=O)C(C#N)=C(S)Nc1ccccc1. The predicted molar refractivity (Wildman–Crippen MR) is 68.3 cm³/mol. The quantitative estimate of drug-likeness (QED) is 0.371. The van der Waals surface area contributed by atoms with E-state index in [0.29, 0.717) is 0 Å². The second-order valence-electron chi connectivity index (χ2n) is 3.05. The maximum absolute atomic E-state index is 11.4. The Morgan fingerprint density at radius 3 is 2.65 bits per heavy atom. The van der Waals surface area contributed by atoms with Gasteiger partial charge in [0.1, 0.15) is 6.07 Å². The number of benzene rings is 1. The van der Waals surface area contributed by atoms with Gasteiger partial charge in [0.25, 0.3) is 0 Å².